The number of carbonyl (C=O) groups excluding carboxylic acids is 1. The lowest BCUT2D eigenvalue weighted by Crippen LogP contribution is -2.21. The van der Waals surface area contributed by atoms with E-state index in [0.29, 0.717) is 28.9 Å². The molecule has 0 bridgehead atoms. The van der Waals surface area contributed by atoms with Gasteiger partial charge in [0, 0.05) is 17.3 Å². The van der Waals surface area contributed by atoms with Crippen LogP contribution in [-0.4, -0.2) is 22.5 Å². The zero-order valence-electron chi connectivity index (χ0n) is 17.4. The monoisotopic (exact) mass is 420 g/mol. The van der Waals surface area contributed by atoms with Crippen LogP contribution in [0.4, 0.5) is 5.69 Å². The molecule has 0 saturated heterocycles. The fourth-order valence-corrected chi connectivity index (χ4v) is 3.55. The highest BCUT2D eigenvalue weighted by Crippen LogP contribution is 2.23. The Morgan fingerprint density at radius 1 is 1.00 bits per heavy atom. The Labute approximate surface area is 186 Å². The van der Waals surface area contributed by atoms with Crippen LogP contribution in [0.1, 0.15) is 32.7 Å². The number of hydrogen-bond acceptors (Lipinski definition) is 3. The number of carboxylic acids is 1. The zero-order chi connectivity index (χ0) is 22.5. The number of carboxylic acid groups (broad SMARTS) is 1. The first kappa shape index (κ1) is 20.8. The molecule has 1 amide bonds. The normalized spacial score (nSPS) is 10.3. The fourth-order valence-electron chi connectivity index (χ4n) is 3.55. The van der Waals surface area contributed by atoms with E-state index < -0.39 is 5.97 Å². The van der Waals surface area contributed by atoms with E-state index in [1.807, 2.05) is 42.5 Å². The average molecular weight is 420 g/mol. The smallest absolute Gasteiger partial charge is 0.354 e. The number of carbonyl (C=O) groups is 2. The van der Waals surface area contributed by atoms with Gasteiger partial charge in [-0.25, -0.2) is 9.78 Å². The maximum absolute atomic E-state index is 12.0. The summed E-state index contributed by atoms with van der Waals surface area (Å²) in [6.45, 7) is 2.11. The number of anilines is 1. The Balaban J connectivity index is 1.63. The third-order valence-electron chi connectivity index (χ3n) is 5.13. The molecule has 1 heterocycles. The zero-order valence-corrected chi connectivity index (χ0v) is 17.4. The van der Waals surface area contributed by atoms with Crippen LogP contribution in [0.3, 0.4) is 0 Å². The summed E-state index contributed by atoms with van der Waals surface area (Å²) in [7, 11) is 0. The van der Waals surface area contributed by atoms with Gasteiger partial charge in [-0.05, 0) is 53.1 Å². The van der Waals surface area contributed by atoms with Crippen molar-refractivity contribution in [1.82, 2.24) is 4.98 Å². The Morgan fingerprint density at radius 3 is 2.50 bits per heavy atom. The maximum atomic E-state index is 12.0. The molecule has 0 fully saturated rings. The van der Waals surface area contributed by atoms with Crippen molar-refractivity contribution in [3.63, 3.8) is 0 Å². The molecule has 0 radical (unpaired) electrons. The molecule has 0 aliphatic carbocycles. The van der Waals surface area contributed by atoms with Gasteiger partial charge in [-0.15, -0.1) is 0 Å². The van der Waals surface area contributed by atoms with Crippen LogP contribution in [0.15, 0.2) is 79.0 Å². The second-order valence-electron chi connectivity index (χ2n) is 7.38. The number of pyridine rings is 1. The maximum Gasteiger partial charge on any atom is 0.354 e. The largest absolute Gasteiger partial charge is 0.477 e. The van der Waals surface area contributed by atoms with Crippen molar-refractivity contribution in [1.29, 1.82) is 0 Å². The van der Waals surface area contributed by atoms with Crippen LogP contribution in [-0.2, 0) is 11.3 Å². The average Bonchev–Trinajstić information content (AvgIpc) is 2.81. The number of aromatic nitrogens is 1. The van der Waals surface area contributed by atoms with Crippen LogP contribution >= 0.6 is 0 Å². The highest BCUT2D eigenvalue weighted by atomic mass is 16.4. The summed E-state index contributed by atoms with van der Waals surface area (Å²) in [5, 5.41) is 11.4. The second kappa shape index (κ2) is 9.15. The molecule has 1 aromatic heterocycles. The van der Waals surface area contributed by atoms with Gasteiger partial charge in [0.05, 0.1) is 12.2 Å². The van der Waals surface area contributed by atoms with Crippen molar-refractivity contribution >= 4 is 28.8 Å². The Bertz CT molecular complexity index is 1380. The molecule has 4 aromatic rings. The summed E-state index contributed by atoms with van der Waals surface area (Å²) < 4.78 is 0. The van der Waals surface area contributed by atoms with Gasteiger partial charge in [-0.3, -0.25) is 4.79 Å². The molecular formula is C27H20N2O3. The van der Waals surface area contributed by atoms with Gasteiger partial charge in [0.2, 0.25) is 6.41 Å². The van der Waals surface area contributed by atoms with Gasteiger partial charge in [0.25, 0.3) is 0 Å². The van der Waals surface area contributed by atoms with E-state index in [4.69, 9.17) is 5.11 Å². The molecule has 3 aromatic carbocycles. The Hall–Kier alpha value is -4.43. The minimum Gasteiger partial charge on any atom is -0.477 e. The molecule has 5 nitrogen and oxygen atoms in total. The number of para-hydroxylation sites is 1. The molecule has 4 rings (SSSR count). The number of amides is 1. The van der Waals surface area contributed by atoms with Gasteiger partial charge in [-0.2, -0.15) is 0 Å². The quantitative estimate of drug-likeness (QED) is 0.372. The van der Waals surface area contributed by atoms with Crippen molar-refractivity contribution in [2.24, 2.45) is 0 Å². The number of aromatic carboxylic acids is 1. The first-order valence-electron chi connectivity index (χ1n) is 10.1. The van der Waals surface area contributed by atoms with Crippen molar-refractivity contribution in [3.8, 4) is 11.8 Å². The minimum atomic E-state index is -1.07. The topological polar surface area (TPSA) is 70.5 Å². The fraction of sp³-hybridized carbons (Fsp3) is 0.0741. The summed E-state index contributed by atoms with van der Waals surface area (Å²) in [5.74, 6) is 5.06. The molecule has 5 heteroatoms. The first-order valence-corrected chi connectivity index (χ1v) is 10.1. The summed E-state index contributed by atoms with van der Waals surface area (Å²) >= 11 is 0. The SMILES string of the molecule is Cc1cc(C#Cc2ccccc2N(C=O)Cc2ccc3ccccc3c2)cnc1C(=O)O. The first-order chi connectivity index (χ1) is 15.5. The molecule has 0 atom stereocenters. The number of aryl methyl sites for hydroxylation is 1. The predicted molar refractivity (Wildman–Crippen MR) is 125 cm³/mol. The lowest BCUT2D eigenvalue weighted by molar-refractivity contribution is -0.107. The highest BCUT2D eigenvalue weighted by Gasteiger charge is 2.11. The van der Waals surface area contributed by atoms with Gasteiger partial charge in [-0.1, -0.05) is 60.4 Å². The van der Waals surface area contributed by atoms with Gasteiger partial charge in [0.15, 0.2) is 5.69 Å². The molecule has 0 aliphatic heterocycles. The van der Waals surface area contributed by atoms with Crippen molar-refractivity contribution in [3.05, 3.63) is 107 Å². The van der Waals surface area contributed by atoms with E-state index >= 15 is 0 Å². The van der Waals surface area contributed by atoms with Crippen LogP contribution in [0.5, 0.6) is 0 Å². The molecule has 0 spiro atoms. The minimum absolute atomic E-state index is 0.0125. The Kier molecular flexibility index (Phi) is 5.96. The lowest BCUT2D eigenvalue weighted by Gasteiger charge is -2.19. The van der Waals surface area contributed by atoms with Crippen LogP contribution in [0, 0.1) is 18.8 Å². The van der Waals surface area contributed by atoms with E-state index in [1.165, 1.54) is 6.20 Å². The van der Waals surface area contributed by atoms with Crippen molar-refractivity contribution < 1.29 is 14.7 Å². The molecule has 0 saturated carbocycles. The number of benzene rings is 3. The third kappa shape index (κ3) is 4.50. The molecule has 0 unspecified atom stereocenters. The van der Waals surface area contributed by atoms with E-state index in [1.54, 1.807) is 17.9 Å². The second-order valence-corrected chi connectivity index (χ2v) is 7.38. The summed E-state index contributed by atoms with van der Waals surface area (Å²) in [4.78, 5) is 28.7. The lowest BCUT2D eigenvalue weighted by atomic mass is 10.1. The van der Waals surface area contributed by atoms with Crippen molar-refractivity contribution in [2.75, 3.05) is 4.90 Å². The standard InChI is InChI=1S/C27H20N2O3/c1-19-14-20(16-28-26(19)27(31)32)10-13-23-7-4-5-9-25(23)29(18-30)17-21-11-12-22-6-2-3-8-24(22)15-21/h2-9,11-12,14-16,18H,17H2,1H3,(H,31,32). The highest BCUT2D eigenvalue weighted by molar-refractivity contribution is 5.87. The van der Waals surface area contributed by atoms with Gasteiger partial charge in [0.1, 0.15) is 0 Å². The third-order valence-corrected chi connectivity index (χ3v) is 5.13. The van der Waals surface area contributed by atoms with Gasteiger partial charge >= 0.3 is 5.97 Å². The van der Waals surface area contributed by atoms with E-state index in [0.717, 1.165) is 22.7 Å². The van der Waals surface area contributed by atoms with E-state index in [9.17, 15) is 9.59 Å². The Morgan fingerprint density at radius 2 is 1.75 bits per heavy atom. The number of fused-ring (bicyclic) bond motifs is 1. The molecule has 0 aliphatic rings. The van der Waals surface area contributed by atoms with Crippen molar-refractivity contribution in [2.45, 2.75) is 13.5 Å². The summed E-state index contributed by atoms with van der Waals surface area (Å²) in [6.07, 6.45) is 2.25. The predicted octanol–water partition coefficient (Wildman–Crippen LogP) is 4.80. The van der Waals surface area contributed by atoms with Crippen LogP contribution < -0.4 is 4.90 Å². The van der Waals surface area contributed by atoms with Crippen LogP contribution in [0.2, 0.25) is 0 Å². The van der Waals surface area contributed by atoms with E-state index in [-0.39, 0.29) is 5.69 Å². The van der Waals surface area contributed by atoms with Crippen LogP contribution in [0.25, 0.3) is 10.8 Å². The molecule has 32 heavy (non-hydrogen) atoms. The summed E-state index contributed by atoms with van der Waals surface area (Å²) in [5.41, 5.74) is 3.58. The molecule has 156 valence electrons. The molecular weight excluding hydrogens is 400 g/mol. The number of rotatable bonds is 5. The molecule has 1 N–H and O–H groups in total. The summed E-state index contributed by atoms with van der Waals surface area (Å²) in [6, 6.07) is 23.4. The van der Waals surface area contributed by atoms with E-state index in [2.05, 4.69) is 41.1 Å². The number of hydrogen-bond donors (Lipinski definition) is 1. The number of nitrogens with zero attached hydrogens (tertiary/aromatic N) is 2. The van der Waals surface area contributed by atoms with Gasteiger partial charge < -0.3 is 10.0 Å².